The van der Waals surface area contributed by atoms with Crippen molar-refractivity contribution in [3.05, 3.63) is 100 Å². The Balaban J connectivity index is 1.24. The molecule has 0 N–H and O–H groups in total. The molecule has 10 heteroatoms. The van der Waals surface area contributed by atoms with E-state index in [1.165, 1.54) is 36.7 Å². The third kappa shape index (κ3) is 5.36. The highest BCUT2D eigenvalue weighted by Gasteiger charge is 2.27. The van der Waals surface area contributed by atoms with Gasteiger partial charge in [-0.05, 0) is 61.4 Å². The molecule has 2 aromatic carbocycles. The number of halogens is 1. The van der Waals surface area contributed by atoms with Crippen molar-refractivity contribution in [1.82, 2.24) is 19.7 Å². The van der Waals surface area contributed by atoms with E-state index >= 15 is 0 Å². The third-order valence-corrected chi connectivity index (χ3v) is 6.85. The first kappa shape index (κ1) is 26.1. The summed E-state index contributed by atoms with van der Waals surface area (Å²) in [6.07, 6.45) is 6.43. The van der Waals surface area contributed by atoms with Gasteiger partial charge in [-0.15, -0.1) is 0 Å². The second-order valence-electron chi connectivity index (χ2n) is 9.66. The highest BCUT2D eigenvalue weighted by atomic mass is 19.1. The first-order valence-electron chi connectivity index (χ1n) is 13.0. The van der Waals surface area contributed by atoms with Gasteiger partial charge in [0.2, 0.25) is 5.43 Å². The molecule has 1 aliphatic carbocycles. The maximum Gasteiger partial charge on any atom is 0.218 e. The predicted molar refractivity (Wildman–Crippen MR) is 149 cm³/mol. The Morgan fingerprint density at radius 2 is 1.73 bits per heavy atom. The minimum atomic E-state index is -0.491. The number of carbonyl (C=O) groups excluding carboxylic acids is 1. The minimum Gasteiger partial charge on any atom is -0.493 e. The molecule has 1 aliphatic rings. The second-order valence-corrected chi connectivity index (χ2v) is 9.66. The van der Waals surface area contributed by atoms with E-state index in [9.17, 15) is 14.0 Å². The molecule has 41 heavy (non-hydrogen) atoms. The van der Waals surface area contributed by atoms with Crippen LogP contribution >= 0.6 is 0 Å². The molecule has 206 valence electrons. The van der Waals surface area contributed by atoms with Crippen LogP contribution in [0.5, 0.6) is 23.0 Å². The van der Waals surface area contributed by atoms with Gasteiger partial charge in [-0.2, -0.15) is 5.10 Å². The molecule has 9 nitrogen and oxygen atoms in total. The Hall–Kier alpha value is -5.12. The largest absolute Gasteiger partial charge is 0.493 e. The van der Waals surface area contributed by atoms with Gasteiger partial charge < -0.3 is 14.2 Å². The normalized spacial score (nSPS) is 12.8. The zero-order chi connectivity index (χ0) is 28.5. The summed E-state index contributed by atoms with van der Waals surface area (Å²) in [5.74, 6) is 1.32. The molecule has 3 heterocycles. The minimum absolute atomic E-state index is 0.0287. The fourth-order valence-corrected chi connectivity index (χ4v) is 4.53. The Morgan fingerprint density at radius 1 is 0.976 bits per heavy atom. The summed E-state index contributed by atoms with van der Waals surface area (Å²) < 4.78 is 32.0. The van der Waals surface area contributed by atoms with Crippen LogP contribution in [0.3, 0.4) is 0 Å². The van der Waals surface area contributed by atoms with E-state index in [-0.39, 0.29) is 29.5 Å². The number of pyridine rings is 2. The lowest BCUT2D eigenvalue weighted by molar-refractivity contribution is 0.0989. The van der Waals surface area contributed by atoms with Crippen LogP contribution in [0.2, 0.25) is 0 Å². The van der Waals surface area contributed by atoms with Crippen molar-refractivity contribution in [2.24, 2.45) is 0 Å². The summed E-state index contributed by atoms with van der Waals surface area (Å²) in [7, 11) is 3.12. The topological polar surface area (TPSA) is 105 Å². The summed E-state index contributed by atoms with van der Waals surface area (Å²) in [5.41, 5.74) is 1.27. The molecule has 0 spiro atoms. The number of rotatable bonds is 9. The maximum absolute atomic E-state index is 13.5. The number of Topliss-reactive ketones (excluding diaryl/α,β-unsaturated/α-hetero) is 1. The molecule has 6 rings (SSSR count). The van der Waals surface area contributed by atoms with Crippen molar-refractivity contribution in [1.29, 1.82) is 0 Å². The molecule has 1 fully saturated rings. The first-order chi connectivity index (χ1) is 19.9. The lowest BCUT2D eigenvalue weighted by atomic mass is 10.0. The summed E-state index contributed by atoms with van der Waals surface area (Å²) in [6.45, 7) is 0. The van der Waals surface area contributed by atoms with Crippen LogP contribution in [-0.2, 0) is 6.42 Å². The Morgan fingerprint density at radius 3 is 2.41 bits per heavy atom. The van der Waals surface area contributed by atoms with E-state index in [4.69, 9.17) is 14.2 Å². The van der Waals surface area contributed by atoms with Crippen molar-refractivity contribution in [2.45, 2.75) is 25.3 Å². The highest BCUT2D eigenvalue weighted by molar-refractivity contribution is 5.97. The molecule has 0 aliphatic heterocycles. The average molecular weight is 553 g/mol. The number of ether oxygens (including phenoxy) is 3. The SMILES string of the molecule is COc1cc2nccc(Oc3ccc(CC(=O)c4cn(C5CC5)nc(-c5ccc(F)cc5)c4=O)nc3)c2cc1OC. The summed E-state index contributed by atoms with van der Waals surface area (Å²) in [4.78, 5) is 35.4. The summed E-state index contributed by atoms with van der Waals surface area (Å²) >= 11 is 0. The molecular weight excluding hydrogens is 527 g/mol. The van der Waals surface area contributed by atoms with Gasteiger partial charge in [0.15, 0.2) is 17.3 Å². The van der Waals surface area contributed by atoms with E-state index in [1.54, 1.807) is 55.4 Å². The van der Waals surface area contributed by atoms with E-state index < -0.39 is 11.2 Å². The Labute approximate surface area is 234 Å². The molecule has 0 radical (unpaired) electrons. The van der Waals surface area contributed by atoms with Crippen molar-refractivity contribution in [3.63, 3.8) is 0 Å². The number of hydrogen-bond donors (Lipinski definition) is 0. The second kappa shape index (κ2) is 10.8. The molecular formula is C31H25FN4O5. The van der Waals surface area contributed by atoms with Crippen LogP contribution in [0.1, 0.15) is 34.9 Å². The molecule has 0 amide bonds. The van der Waals surface area contributed by atoms with Crippen LogP contribution in [0.15, 0.2) is 78.0 Å². The molecule has 5 aromatic rings. The first-order valence-corrected chi connectivity index (χ1v) is 13.0. The number of carbonyl (C=O) groups is 1. The number of aromatic nitrogens is 4. The predicted octanol–water partition coefficient (Wildman–Crippen LogP) is 5.56. The summed E-state index contributed by atoms with van der Waals surface area (Å²) in [5, 5.41) is 5.18. The van der Waals surface area contributed by atoms with Crippen LogP contribution in [0.4, 0.5) is 4.39 Å². The van der Waals surface area contributed by atoms with Gasteiger partial charge in [-0.3, -0.25) is 24.2 Å². The number of ketones is 1. The smallest absolute Gasteiger partial charge is 0.218 e. The van der Waals surface area contributed by atoms with Gasteiger partial charge in [0.25, 0.3) is 0 Å². The summed E-state index contributed by atoms with van der Waals surface area (Å²) in [6, 6.07) is 14.3. The van der Waals surface area contributed by atoms with Gasteiger partial charge in [-0.1, -0.05) is 0 Å². The van der Waals surface area contributed by atoms with Crippen LogP contribution in [0, 0.1) is 5.82 Å². The van der Waals surface area contributed by atoms with Gasteiger partial charge >= 0.3 is 0 Å². The molecule has 0 saturated heterocycles. The molecule has 0 bridgehead atoms. The molecule has 0 unspecified atom stereocenters. The lowest BCUT2D eigenvalue weighted by Gasteiger charge is -2.12. The fraction of sp³-hybridized carbons (Fsp3) is 0.194. The lowest BCUT2D eigenvalue weighted by Crippen LogP contribution is -2.23. The molecule has 1 saturated carbocycles. The number of hydrogen-bond acceptors (Lipinski definition) is 8. The van der Waals surface area contributed by atoms with E-state index in [0.29, 0.717) is 39.8 Å². The quantitative estimate of drug-likeness (QED) is 0.219. The van der Waals surface area contributed by atoms with Gasteiger partial charge in [0, 0.05) is 35.1 Å². The maximum atomic E-state index is 13.5. The van der Waals surface area contributed by atoms with Crippen molar-refractivity contribution >= 4 is 16.7 Å². The average Bonchev–Trinajstić information content (AvgIpc) is 3.84. The van der Waals surface area contributed by atoms with Crippen molar-refractivity contribution < 1.29 is 23.4 Å². The fourth-order valence-electron chi connectivity index (χ4n) is 4.53. The molecule has 0 atom stereocenters. The molecule has 3 aromatic heterocycles. The number of benzene rings is 2. The monoisotopic (exact) mass is 552 g/mol. The Kier molecular flexibility index (Phi) is 6.88. The van der Waals surface area contributed by atoms with Gasteiger partial charge in [-0.25, -0.2) is 4.39 Å². The van der Waals surface area contributed by atoms with Crippen LogP contribution in [-0.4, -0.2) is 39.8 Å². The highest BCUT2D eigenvalue weighted by Crippen LogP contribution is 2.37. The van der Waals surface area contributed by atoms with E-state index in [2.05, 4.69) is 15.1 Å². The zero-order valence-electron chi connectivity index (χ0n) is 22.3. The van der Waals surface area contributed by atoms with E-state index in [0.717, 1.165) is 18.2 Å². The number of fused-ring (bicyclic) bond motifs is 1. The number of methoxy groups -OCH3 is 2. The van der Waals surface area contributed by atoms with Crippen LogP contribution < -0.4 is 19.6 Å². The number of nitrogens with zero attached hydrogens (tertiary/aromatic N) is 4. The van der Waals surface area contributed by atoms with Crippen LogP contribution in [0.25, 0.3) is 22.2 Å². The third-order valence-electron chi connectivity index (χ3n) is 6.85. The van der Waals surface area contributed by atoms with Crippen molar-refractivity contribution in [3.8, 4) is 34.3 Å². The Bertz CT molecular complexity index is 1820. The standard InChI is InChI=1S/C31H25FN4O5/c1-39-28-14-23-25(15-29(28)40-2)33-12-11-27(23)41-22-10-7-20(34-16-22)13-26(37)24-17-36(21-8-9-21)35-30(31(24)38)18-3-5-19(32)6-4-18/h3-7,10-12,14-17,21H,8-9,13H2,1-2H3. The van der Waals surface area contributed by atoms with E-state index in [1.807, 2.05) is 0 Å². The van der Waals surface area contributed by atoms with Crippen molar-refractivity contribution in [2.75, 3.05) is 14.2 Å². The zero-order valence-corrected chi connectivity index (χ0v) is 22.3. The van der Waals surface area contributed by atoms with Gasteiger partial charge in [0.1, 0.15) is 23.0 Å². The van der Waals surface area contributed by atoms with Gasteiger partial charge in [0.05, 0.1) is 44.0 Å².